The van der Waals surface area contributed by atoms with Crippen molar-refractivity contribution in [1.29, 1.82) is 0 Å². The molecule has 0 aliphatic rings. The fourth-order valence-electron chi connectivity index (χ4n) is 1.71. The van der Waals surface area contributed by atoms with Gasteiger partial charge in [-0.05, 0) is 39.9 Å². The summed E-state index contributed by atoms with van der Waals surface area (Å²) < 4.78 is 0. The lowest BCUT2D eigenvalue weighted by Gasteiger charge is -2.32. The standard InChI is InChI=1S/C16H27N3O/c1-16(2,19(3)4)12-18-15(20)11-10-14(17)13-8-6-5-7-9-13/h5-9,14H,10-12,17H2,1-4H3,(H,18,20). The van der Waals surface area contributed by atoms with Crippen molar-refractivity contribution in [3.8, 4) is 0 Å². The molecule has 0 heterocycles. The number of likely N-dealkylation sites (N-methyl/N-ethyl adjacent to an activating group) is 1. The number of nitrogens with zero attached hydrogens (tertiary/aromatic N) is 1. The molecule has 0 saturated carbocycles. The average molecular weight is 277 g/mol. The van der Waals surface area contributed by atoms with Gasteiger partial charge in [-0.1, -0.05) is 30.3 Å². The number of rotatable bonds is 7. The van der Waals surface area contributed by atoms with Crippen LogP contribution in [0.25, 0.3) is 0 Å². The van der Waals surface area contributed by atoms with Crippen LogP contribution in [0.5, 0.6) is 0 Å². The summed E-state index contributed by atoms with van der Waals surface area (Å²) in [6, 6.07) is 9.81. The predicted molar refractivity (Wildman–Crippen MR) is 83.4 cm³/mol. The highest BCUT2D eigenvalue weighted by molar-refractivity contribution is 5.76. The molecule has 1 aromatic carbocycles. The van der Waals surface area contributed by atoms with Gasteiger partial charge in [0, 0.05) is 24.5 Å². The minimum Gasteiger partial charge on any atom is -0.354 e. The van der Waals surface area contributed by atoms with Crippen LogP contribution in [0.2, 0.25) is 0 Å². The van der Waals surface area contributed by atoms with Crippen molar-refractivity contribution < 1.29 is 4.79 Å². The zero-order valence-corrected chi connectivity index (χ0v) is 13.0. The van der Waals surface area contributed by atoms with Crippen molar-refractivity contribution in [3.63, 3.8) is 0 Å². The monoisotopic (exact) mass is 277 g/mol. The Labute approximate surface area is 122 Å². The van der Waals surface area contributed by atoms with Crippen LogP contribution >= 0.6 is 0 Å². The molecule has 1 atom stereocenters. The molecular weight excluding hydrogens is 250 g/mol. The Kier molecular flexibility index (Phi) is 6.17. The third-order valence-corrected chi connectivity index (χ3v) is 3.84. The quantitative estimate of drug-likeness (QED) is 0.800. The lowest BCUT2D eigenvalue weighted by atomic mass is 10.0. The molecule has 0 radical (unpaired) electrons. The van der Waals surface area contributed by atoms with E-state index in [1.54, 1.807) is 0 Å². The lowest BCUT2D eigenvalue weighted by Crippen LogP contribution is -2.48. The van der Waals surface area contributed by atoms with Crippen molar-refractivity contribution in [2.24, 2.45) is 5.73 Å². The Hall–Kier alpha value is -1.39. The summed E-state index contributed by atoms with van der Waals surface area (Å²) >= 11 is 0. The number of hydrogen-bond donors (Lipinski definition) is 2. The molecule has 0 fully saturated rings. The number of amides is 1. The molecule has 4 nitrogen and oxygen atoms in total. The lowest BCUT2D eigenvalue weighted by molar-refractivity contribution is -0.121. The zero-order valence-electron chi connectivity index (χ0n) is 13.0. The van der Waals surface area contributed by atoms with Crippen molar-refractivity contribution in [2.45, 2.75) is 38.3 Å². The Morgan fingerprint density at radius 2 is 1.90 bits per heavy atom. The van der Waals surface area contributed by atoms with Gasteiger partial charge in [-0.2, -0.15) is 0 Å². The number of carbonyl (C=O) groups is 1. The van der Waals surface area contributed by atoms with Gasteiger partial charge in [0.25, 0.3) is 0 Å². The SMILES string of the molecule is CN(C)C(C)(C)CNC(=O)CCC(N)c1ccccc1. The number of hydrogen-bond acceptors (Lipinski definition) is 3. The van der Waals surface area contributed by atoms with Crippen molar-refractivity contribution in [2.75, 3.05) is 20.6 Å². The van der Waals surface area contributed by atoms with E-state index in [2.05, 4.69) is 24.1 Å². The molecular formula is C16H27N3O. The first-order valence-electron chi connectivity index (χ1n) is 7.07. The topological polar surface area (TPSA) is 58.4 Å². The Morgan fingerprint density at radius 3 is 2.45 bits per heavy atom. The first-order valence-corrected chi connectivity index (χ1v) is 7.07. The van der Waals surface area contributed by atoms with Crippen LogP contribution in [-0.4, -0.2) is 37.0 Å². The van der Waals surface area contributed by atoms with Gasteiger partial charge in [0.05, 0.1) is 0 Å². The van der Waals surface area contributed by atoms with Crippen molar-refractivity contribution in [1.82, 2.24) is 10.2 Å². The minimum atomic E-state index is -0.0798. The molecule has 1 rings (SSSR count). The summed E-state index contributed by atoms with van der Waals surface area (Å²) in [6.07, 6.45) is 1.12. The molecule has 3 N–H and O–H groups in total. The van der Waals surface area contributed by atoms with E-state index in [9.17, 15) is 4.79 Å². The first kappa shape index (κ1) is 16.7. The summed E-state index contributed by atoms with van der Waals surface area (Å²) in [5, 5.41) is 2.97. The second kappa shape index (κ2) is 7.41. The summed E-state index contributed by atoms with van der Waals surface area (Å²) in [7, 11) is 4.02. The highest BCUT2D eigenvalue weighted by atomic mass is 16.1. The number of carbonyl (C=O) groups excluding carboxylic acids is 1. The molecule has 0 bridgehead atoms. The molecule has 1 amide bonds. The molecule has 112 valence electrons. The Bertz CT molecular complexity index is 415. The fraction of sp³-hybridized carbons (Fsp3) is 0.562. The van der Waals surface area contributed by atoms with E-state index in [0.29, 0.717) is 19.4 Å². The van der Waals surface area contributed by atoms with E-state index in [1.807, 2.05) is 44.4 Å². The molecule has 4 heteroatoms. The van der Waals surface area contributed by atoms with Crippen LogP contribution in [0.15, 0.2) is 30.3 Å². The maximum absolute atomic E-state index is 11.9. The van der Waals surface area contributed by atoms with Crippen molar-refractivity contribution >= 4 is 5.91 Å². The largest absolute Gasteiger partial charge is 0.354 e. The normalized spacial score (nSPS) is 13.3. The van der Waals surface area contributed by atoms with Gasteiger partial charge >= 0.3 is 0 Å². The number of nitrogens with one attached hydrogen (secondary N) is 1. The molecule has 0 aromatic heterocycles. The van der Waals surface area contributed by atoms with Crippen molar-refractivity contribution in [3.05, 3.63) is 35.9 Å². The molecule has 0 aliphatic heterocycles. The third kappa shape index (κ3) is 5.31. The molecule has 0 saturated heterocycles. The second-order valence-electron chi connectivity index (χ2n) is 6.04. The number of benzene rings is 1. The smallest absolute Gasteiger partial charge is 0.220 e. The molecule has 1 unspecified atom stereocenters. The van der Waals surface area contributed by atoms with E-state index in [1.165, 1.54) is 0 Å². The Morgan fingerprint density at radius 1 is 1.30 bits per heavy atom. The summed E-state index contributed by atoms with van der Waals surface area (Å²) in [5.41, 5.74) is 7.12. The van der Waals surface area contributed by atoms with E-state index < -0.39 is 0 Å². The highest BCUT2D eigenvalue weighted by Crippen LogP contribution is 2.15. The van der Waals surface area contributed by atoms with Gasteiger partial charge < -0.3 is 16.0 Å². The van der Waals surface area contributed by atoms with Gasteiger partial charge in [0.15, 0.2) is 0 Å². The number of nitrogens with two attached hydrogens (primary N) is 1. The van der Waals surface area contributed by atoms with Crippen LogP contribution in [0.1, 0.15) is 38.3 Å². The highest BCUT2D eigenvalue weighted by Gasteiger charge is 2.21. The van der Waals surface area contributed by atoms with E-state index in [-0.39, 0.29) is 17.5 Å². The first-order chi connectivity index (χ1) is 9.33. The summed E-state index contributed by atoms with van der Waals surface area (Å²) in [5.74, 6) is 0.0614. The molecule has 20 heavy (non-hydrogen) atoms. The van der Waals surface area contributed by atoms with Crippen LogP contribution in [0.3, 0.4) is 0 Å². The van der Waals surface area contributed by atoms with Crippen LogP contribution in [0, 0.1) is 0 Å². The second-order valence-corrected chi connectivity index (χ2v) is 6.04. The molecule has 1 aromatic rings. The van der Waals surface area contributed by atoms with Gasteiger partial charge in [-0.3, -0.25) is 4.79 Å². The summed E-state index contributed by atoms with van der Waals surface area (Å²) in [6.45, 7) is 4.84. The fourth-order valence-corrected chi connectivity index (χ4v) is 1.71. The summed E-state index contributed by atoms with van der Waals surface area (Å²) in [4.78, 5) is 14.0. The van der Waals surface area contributed by atoms with Crippen LogP contribution in [0.4, 0.5) is 0 Å². The molecule has 0 aliphatic carbocycles. The van der Waals surface area contributed by atoms with Crippen LogP contribution < -0.4 is 11.1 Å². The van der Waals surface area contributed by atoms with Crippen LogP contribution in [-0.2, 0) is 4.79 Å². The average Bonchev–Trinajstić information content (AvgIpc) is 2.43. The van der Waals surface area contributed by atoms with Gasteiger partial charge in [0.2, 0.25) is 5.91 Å². The predicted octanol–water partition coefficient (Wildman–Crippen LogP) is 1.92. The van der Waals surface area contributed by atoms with E-state index in [0.717, 1.165) is 5.56 Å². The van der Waals surface area contributed by atoms with E-state index in [4.69, 9.17) is 5.73 Å². The van der Waals surface area contributed by atoms with Gasteiger partial charge in [-0.25, -0.2) is 0 Å². The maximum atomic E-state index is 11.9. The minimum absolute atomic E-state index is 0.0444. The van der Waals surface area contributed by atoms with E-state index >= 15 is 0 Å². The maximum Gasteiger partial charge on any atom is 0.220 e. The van der Waals surface area contributed by atoms with Gasteiger partial charge in [0.1, 0.15) is 0 Å². The van der Waals surface area contributed by atoms with Gasteiger partial charge in [-0.15, -0.1) is 0 Å². The molecule has 0 spiro atoms. The third-order valence-electron chi connectivity index (χ3n) is 3.84. The zero-order chi connectivity index (χ0) is 15.2. The Balaban J connectivity index is 2.34.